The fraction of sp³-hybridized carbons (Fsp3) is 0.679. The van der Waals surface area contributed by atoms with E-state index in [4.69, 9.17) is 90.0 Å². The zero-order valence-electron chi connectivity index (χ0n) is 73.7. The minimum Gasteiger partial charge on any atom is -0.508 e. The Hall–Kier alpha value is -7.19. The van der Waals surface area contributed by atoms with Gasteiger partial charge in [0.05, 0.1) is 59.5 Å². The second-order valence-electron chi connectivity index (χ2n) is 34.0. The lowest BCUT2D eigenvalue weighted by Crippen LogP contribution is -2.64. The first-order valence-electron chi connectivity index (χ1n) is 43.3. The van der Waals surface area contributed by atoms with Crippen molar-refractivity contribution >= 4 is 36.1 Å². The number of benzene rings is 3. The van der Waals surface area contributed by atoms with E-state index in [1.165, 1.54) is 72.8 Å². The Morgan fingerprint density at radius 3 is 0.750 bits per heavy atom. The maximum Gasteiger partial charge on any atom is 0.330 e. The molecule has 3 aromatic rings. The largest absolute Gasteiger partial charge is 0.508 e. The molecule has 38 atom stereocenters. The van der Waals surface area contributed by atoms with Crippen molar-refractivity contribution in [3.05, 3.63) is 106 Å². The van der Waals surface area contributed by atoms with Gasteiger partial charge in [-0.05, 0) is 71.3 Å². The summed E-state index contributed by atoms with van der Waals surface area (Å²) in [6.45, 7) is -19.2. The molecular formula is C84H118O56. The molecule has 0 amide bonds. The molecule has 12 rings (SSSR count). The number of phenols is 3. The molecule has 0 saturated carbocycles. The Morgan fingerprint density at radius 1 is 0.271 bits per heavy atom. The summed E-state index contributed by atoms with van der Waals surface area (Å²) in [7, 11) is 0. The maximum atomic E-state index is 13.0. The topological polar surface area (TPSA) is 914 Å². The molecule has 38 unspecified atom stereocenters. The van der Waals surface area contributed by atoms with Gasteiger partial charge in [-0.2, -0.15) is 0 Å². The van der Waals surface area contributed by atoms with Crippen LogP contribution in [0.4, 0.5) is 0 Å². The van der Waals surface area contributed by atoms with Crippen LogP contribution in [0.5, 0.6) is 17.2 Å². The molecule has 0 aromatic heterocycles. The van der Waals surface area contributed by atoms with E-state index in [1.54, 1.807) is 0 Å². The lowest BCUT2D eigenvalue weighted by atomic mass is 9.98. The number of ether oxygens (including phenoxy) is 19. The summed E-state index contributed by atoms with van der Waals surface area (Å²) in [5, 5.41) is 359. The molecule has 0 radical (unpaired) electrons. The van der Waals surface area contributed by atoms with Crippen LogP contribution < -0.4 is 0 Å². The molecular weight excluding hydrogens is 1900 g/mol. The van der Waals surface area contributed by atoms with Gasteiger partial charge in [0.1, 0.15) is 260 Å². The van der Waals surface area contributed by atoms with Crippen molar-refractivity contribution in [1.29, 1.82) is 0 Å². The summed E-state index contributed by atoms with van der Waals surface area (Å²) < 4.78 is 108. The summed E-state index contributed by atoms with van der Waals surface area (Å²) in [6.07, 6.45) is -55.8. The molecule has 56 heteroatoms. The van der Waals surface area contributed by atoms with Gasteiger partial charge in [-0.3, -0.25) is 0 Å². The van der Waals surface area contributed by atoms with Gasteiger partial charge < -0.3 is 264 Å². The van der Waals surface area contributed by atoms with E-state index in [9.17, 15) is 188 Å². The quantitative estimate of drug-likeness (QED) is 0.0142. The molecule has 0 aliphatic carbocycles. The van der Waals surface area contributed by atoms with Crippen LogP contribution in [0.3, 0.4) is 0 Å². The average Bonchev–Trinajstić information content (AvgIpc) is 1.56. The first-order valence-corrected chi connectivity index (χ1v) is 43.3. The Labute approximate surface area is 790 Å². The summed E-state index contributed by atoms with van der Waals surface area (Å²) in [6, 6.07) is 12.1. The Balaban J connectivity index is 0.000000333. The van der Waals surface area contributed by atoms with Crippen LogP contribution in [0.1, 0.15) is 33.4 Å². The highest BCUT2D eigenvalue weighted by atomic mass is 16.9. The lowest BCUT2D eigenvalue weighted by molar-refractivity contribution is -0.407. The van der Waals surface area contributed by atoms with E-state index in [1.807, 2.05) is 0 Å². The molecule has 790 valence electrons. The number of aliphatic hydroxyl groups excluding tert-OH is 31. The molecule has 9 aliphatic rings. The van der Waals surface area contributed by atoms with Gasteiger partial charge in [0.15, 0.2) is 12.6 Å². The number of hydrogen-bond donors (Lipinski definition) is 34. The maximum absolute atomic E-state index is 13.0. The van der Waals surface area contributed by atoms with Gasteiger partial charge in [0.2, 0.25) is 40.5 Å². The SMILES string of the molecule is O=C(/C=C/c1ccc(O)c(CO)c1)OCC1OC(OC2(COC3(CO)OC(CO)C(O)C3O)OC(CO)C(O)C2O)C(O)C(O)C1O.O=C(/C=C/c1ccc(O)c(CO)c1)OCC1OC(OC2(COC3(COC4(COC5(COC6(CO)OC(CO)C(O)C6O)OC(COC(=O)/C=C/c6ccc(O)c(CO)c6)C(O)C5O)OC(CO)C(O)C4O)OC(CO)C(O)C3O)OC(CO)C(O)C2O)C(O)C(O)C1O. The summed E-state index contributed by atoms with van der Waals surface area (Å²) in [5.74, 6) is -23.5. The monoisotopic (exact) mass is 2020 g/mol. The molecule has 9 saturated heterocycles. The highest BCUT2D eigenvalue weighted by Gasteiger charge is 2.69. The van der Waals surface area contributed by atoms with Crippen LogP contribution >= 0.6 is 0 Å². The Morgan fingerprint density at radius 2 is 0.493 bits per heavy atom. The number of esters is 3. The van der Waals surface area contributed by atoms with E-state index >= 15 is 0 Å². The van der Waals surface area contributed by atoms with E-state index in [0.29, 0.717) is 16.7 Å². The molecule has 9 fully saturated rings. The van der Waals surface area contributed by atoms with Crippen molar-refractivity contribution in [3.8, 4) is 17.2 Å². The van der Waals surface area contributed by atoms with E-state index < -0.39 is 374 Å². The second-order valence-corrected chi connectivity index (χ2v) is 34.0. The minimum absolute atomic E-state index is 0.109. The molecule has 9 heterocycles. The molecule has 56 nitrogen and oxygen atoms in total. The van der Waals surface area contributed by atoms with Crippen LogP contribution in [0, 0.1) is 0 Å². The zero-order chi connectivity index (χ0) is 103. The number of aromatic hydroxyl groups is 3. The molecule has 0 spiro atoms. The first kappa shape index (κ1) is 113. The third kappa shape index (κ3) is 23.9. The van der Waals surface area contributed by atoms with Crippen molar-refractivity contribution in [2.45, 2.75) is 250 Å². The molecule has 9 aliphatic heterocycles. The van der Waals surface area contributed by atoms with Gasteiger partial charge in [0, 0.05) is 34.9 Å². The lowest BCUT2D eigenvalue weighted by Gasteiger charge is -2.45. The van der Waals surface area contributed by atoms with Crippen molar-refractivity contribution in [2.75, 3.05) is 106 Å². The van der Waals surface area contributed by atoms with Gasteiger partial charge in [-0.15, -0.1) is 0 Å². The van der Waals surface area contributed by atoms with E-state index in [0.717, 1.165) is 18.2 Å². The number of carbonyl (C=O) groups is 3. The Kier molecular flexibility index (Phi) is 38.8. The van der Waals surface area contributed by atoms with Crippen LogP contribution in [0.25, 0.3) is 18.2 Å². The predicted octanol–water partition coefficient (Wildman–Crippen LogP) is -17.3. The summed E-state index contributed by atoms with van der Waals surface area (Å²) >= 11 is 0. The van der Waals surface area contributed by atoms with Gasteiger partial charge in [-0.25, -0.2) is 14.4 Å². The van der Waals surface area contributed by atoms with Crippen molar-refractivity contribution in [2.24, 2.45) is 0 Å². The predicted molar refractivity (Wildman–Crippen MR) is 441 cm³/mol. The molecule has 140 heavy (non-hydrogen) atoms. The number of rotatable bonds is 42. The van der Waals surface area contributed by atoms with Crippen LogP contribution in [0.15, 0.2) is 72.8 Å². The standard InChI is InChI=1S/C56H78O37.C28H40O19/c57-11-26-9-24(1-5-28(26)64)3-7-36(66)81-17-34-38(68)44(74)45(75)51(87-34)93-56(50(80)42(72)33(16-62)91-56)23-86-54(48(78)41(71)32(15-61)90-54)22-84-53(47(77)40(70)31(14-60)89-53)21-85-55(20-83-52(19-63)46(76)39(69)30(13-59)88-52)49(79)43(73)35(92-55)18-82-37(67)8-4-25-2-6-29(65)27(10-25)12-58;29-6-13-5-12(1-3-14(13)33)2-4-18(34)42-9-17-19(35)22(38)23(39)26(44-17)47-28(25(41)21(37)16(8-31)46-28)11-43-27(10-32)24(40)20(36)15(7-30)45-27/h1-10,30-35,38-51,57-65,68-80H,11-23H2;1-5,15-17,19-26,29-33,35-41H,6-11H2/b7-3+,8-4+;4-2+. The van der Waals surface area contributed by atoms with Gasteiger partial charge in [-0.1, -0.05) is 18.2 Å². The normalized spacial score (nSPS) is 41.0. The smallest absolute Gasteiger partial charge is 0.330 e. The Bertz CT molecular complexity index is 4620. The number of carbonyl (C=O) groups excluding carboxylic acids is 3. The van der Waals surface area contributed by atoms with Crippen LogP contribution in [0.2, 0.25) is 0 Å². The van der Waals surface area contributed by atoms with E-state index in [2.05, 4.69) is 0 Å². The average molecular weight is 2020 g/mol. The van der Waals surface area contributed by atoms with Crippen molar-refractivity contribution < 1.29 is 278 Å². The molecule has 34 N–H and O–H groups in total. The van der Waals surface area contributed by atoms with Crippen molar-refractivity contribution in [3.63, 3.8) is 0 Å². The van der Waals surface area contributed by atoms with Crippen molar-refractivity contribution in [1.82, 2.24) is 0 Å². The minimum atomic E-state index is -3.04. The fourth-order valence-electron chi connectivity index (χ4n) is 16.4. The molecule has 3 aromatic carbocycles. The molecule has 0 bridgehead atoms. The van der Waals surface area contributed by atoms with Crippen LogP contribution in [-0.2, 0) is 124 Å². The zero-order valence-corrected chi connectivity index (χ0v) is 73.7. The highest BCUT2D eigenvalue weighted by Crippen LogP contribution is 2.47. The second kappa shape index (κ2) is 48.0. The van der Waals surface area contributed by atoms with Crippen LogP contribution in [-0.4, -0.2) is 527 Å². The summed E-state index contributed by atoms with van der Waals surface area (Å²) in [5.41, 5.74) is 1.51. The van der Waals surface area contributed by atoms with Gasteiger partial charge in [0.25, 0.3) is 0 Å². The van der Waals surface area contributed by atoms with E-state index in [-0.39, 0.29) is 33.9 Å². The number of hydrogen-bond acceptors (Lipinski definition) is 56. The number of aliphatic hydroxyl groups is 31. The highest BCUT2D eigenvalue weighted by molar-refractivity contribution is 5.88. The third-order valence-electron chi connectivity index (χ3n) is 24.8. The summed E-state index contributed by atoms with van der Waals surface area (Å²) in [4.78, 5) is 38.2. The fourth-order valence-corrected chi connectivity index (χ4v) is 16.4. The van der Waals surface area contributed by atoms with Gasteiger partial charge >= 0.3 is 17.9 Å². The third-order valence-corrected chi connectivity index (χ3v) is 24.8. The first-order chi connectivity index (χ1) is 66.3.